The van der Waals surface area contributed by atoms with Crippen LogP contribution in [0.5, 0.6) is 5.75 Å². The van der Waals surface area contributed by atoms with E-state index in [-0.39, 0.29) is 18.0 Å². The lowest BCUT2D eigenvalue weighted by Crippen LogP contribution is -2.44. The Balaban J connectivity index is 1.94. The topological polar surface area (TPSA) is 63.5 Å². The number of methoxy groups -OCH3 is 1. The summed E-state index contributed by atoms with van der Waals surface area (Å²) in [6, 6.07) is 7.70. The van der Waals surface area contributed by atoms with Gasteiger partial charge in [0.05, 0.1) is 20.2 Å². The number of furan rings is 1. The number of ether oxygens (including phenoxy) is 1. The first-order valence-corrected chi connectivity index (χ1v) is 6.96. The number of para-hydroxylation sites is 1. The Morgan fingerprint density at radius 2 is 2.10 bits per heavy atom. The average molecular weight is 290 g/mol. The highest BCUT2D eigenvalue weighted by Gasteiger charge is 2.13. The van der Waals surface area contributed by atoms with E-state index in [1.165, 1.54) is 0 Å². The Bertz CT molecular complexity index is 626. The van der Waals surface area contributed by atoms with Crippen molar-refractivity contribution in [2.45, 2.75) is 32.9 Å². The zero-order valence-corrected chi connectivity index (χ0v) is 12.9. The molecule has 21 heavy (non-hydrogen) atoms. The van der Waals surface area contributed by atoms with E-state index in [4.69, 9.17) is 9.15 Å². The van der Waals surface area contributed by atoms with Crippen molar-refractivity contribution in [2.24, 2.45) is 0 Å². The normalized spacial score (nSPS) is 11.6. The Morgan fingerprint density at radius 3 is 2.76 bits per heavy atom. The van der Waals surface area contributed by atoms with Crippen molar-refractivity contribution in [2.75, 3.05) is 13.7 Å². The maximum Gasteiger partial charge on any atom is 0.234 e. The molecule has 0 spiro atoms. The molecule has 2 aromatic rings. The van der Waals surface area contributed by atoms with Crippen molar-refractivity contribution in [3.8, 4) is 5.75 Å². The summed E-state index contributed by atoms with van der Waals surface area (Å²) in [5.74, 6) is 1.46. The van der Waals surface area contributed by atoms with Crippen LogP contribution in [-0.4, -0.2) is 25.1 Å². The van der Waals surface area contributed by atoms with Gasteiger partial charge in [-0.25, -0.2) is 0 Å². The number of hydrogen-bond donors (Lipinski definition) is 2. The van der Waals surface area contributed by atoms with Gasteiger partial charge in [-0.3, -0.25) is 4.79 Å². The molecule has 0 saturated heterocycles. The van der Waals surface area contributed by atoms with Gasteiger partial charge in [0.15, 0.2) is 11.3 Å². The highest BCUT2D eigenvalue weighted by Crippen LogP contribution is 2.28. The smallest absolute Gasteiger partial charge is 0.234 e. The summed E-state index contributed by atoms with van der Waals surface area (Å²) < 4.78 is 11.0. The van der Waals surface area contributed by atoms with Gasteiger partial charge < -0.3 is 19.8 Å². The fourth-order valence-electron chi connectivity index (χ4n) is 2.10. The minimum Gasteiger partial charge on any atom is -0.493 e. The van der Waals surface area contributed by atoms with Gasteiger partial charge in [0.2, 0.25) is 5.91 Å². The van der Waals surface area contributed by atoms with Gasteiger partial charge in [0.1, 0.15) is 5.76 Å². The monoisotopic (exact) mass is 290 g/mol. The van der Waals surface area contributed by atoms with Crippen molar-refractivity contribution >= 4 is 16.9 Å². The van der Waals surface area contributed by atoms with Gasteiger partial charge in [-0.05, 0) is 32.9 Å². The number of rotatable bonds is 5. The van der Waals surface area contributed by atoms with Gasteiger partial charge in [0.25, 0.3) is 0 Å². The number of amides is 1. The third kappa shape index (κ3) is 4.23. The summed E-state index contributed by atoms with van der Waals surface area (Å²) in [6.45, 7) is 6.62. The number of carbonyl (C=O) groups is 1. The van der Waals surface area contributed by atoms with E-state index >= 15 is 0 Å². The highest BCUT2D eigenvalue weighted by atomic mass is 16.5. The standard InChI is InChI=1S/C16H22N2O3/c1-16(2,3)18-14(19)10-17-9-12-8-11-6-5-7-13(20-4)15(11)21-12/h5-8,17H,9-10H2,1-4H3,(H,18,19). The molecule has 0 saturated carbocycles. The lowest BCUT2D eigenvalue weighted by molar-refractivity contribution is -0.121. The van der Waals surface area contributed by atoms with E-state index in [9.17, 15) is 4.79 Å². The largest absolute Gasteiger partial charge is 0.493 e. The number of benzene rings is 1. The minimum absolute atomic E-state index is 0.0313. The summed E-state index contributed by atoms with van der Waals surface area (Å²) in [5, 5.41) is 6.97. The lowest BCUT2D eigenvalue weighted by atomic mass is 10.1. The first kappa shape index (κ1) is 15.4. The zero-order valence-electron chi connectivity index (χ0n) is 12.9. The second-order valence-electron chi connectivity index (χ2n) is 5.99. The molecule has 114 valence electrons. The van der Waals surface area contributed by atoms with Crippen molar-refractivity contribution in [1.82, 2.24) is 10.6 Å². The van der Waals surface area contributed by atoms with Gasteiger partial charge in [-0.1, -0.05) is 12.1 Å². The van der Waals surface area contributed by atoms with Crippen LogP contribution in [0.2, 0.25) is 0 Å². The van der Waals surface area contributed by atoms with Crippen LogP contribution in [0.4, 0.5) is 0 Å². The fraction of sp³-hybridized carbons (Fsp3) is 0.438. The summed E-state index contributed by atoms with van der Waals surface area (Å²) in [6.07, 6.45) is 0. The van der Waals surface area contributed by atoms with Crippen LogP contribution in [0.1, 0.15) is 26.5 Å². The second kappa shape index (κ2) is 6.18. The Kier molecular flexibility index (Phi) is 4.53. The molecule has 0 fully saturated rings. The first-order chi connectivity index (χ1) is 9.89. The molecule has 5 heteroatoms. The third-order valence-corrected chi connectivity index (χ3v) is 2.88. The van der Waals surface area contributed by atoms with E-state index < -0.39 is 0 Å². The maximum absolute atomic E-state index is 11.7. The fourth-order valence-corrected chi connectivity index (χ4v) is 2.10. The molecule has 2 N–H and O–H groups in total. The van der Waals surface area contributed by atoms with E-state index in [0.717, 1.165) is 16.7 Å². The average Bonchev–Trinajstić information content (AvgIpc) is 2.78. The van der Waals surface area contributed by atoms with Gasteiger partial charge in [0, 0.05) is 10.9 Å². The summed E-state index contributed by atoms with van der Waals surface area (Å²) in [5.41, 5.74) is 0.516. The van der Waals surface area contributed by atoms with Crippen LogP contribution in [0.15, 0.2) is 28.7 Å². The maximum atomic E-state index is 11.7. The molecule has 0 aliphatic heterocycles. The van der Waals surface area contributed by atoms with Gasteiger partial charge in [-0.2, -0.15) is 0 Å². The van der Waals surface area contributed by atoms with E-state index in [2.05, 4.69) is 10.6 Å². The Hall–Kier alpha value is -2.01. The molecule has 1 amide bonds. The molecule has 0 aliphatic carbocycles. The molecular weight excluding hydrogens is 268 g/mol. The van der Waals surface area contributed by atoms with Crippen LogP contribution >= 0.6 is 0 Å². The molecule has 0 radical (unpaired) electrons. The molecule has 0 unspecified atom stereocenters. The third-order valence-electron chi connectivity index (χ3n) is 2.88. The molecule has 5 nitrogen and oxygen atoms in total. The summed E-state index contributed by atoms with van der Waals surface area (Å²) in [7, 11) is 1.62. The summed E-state index contributed by atoms with van der Waals surface area (Å²) in [4.78, 5) is 11.7. The van der Waals surface area contributed by atoms with Crippen LogP contribution in [0.25, 0.3) is 11.0 Å². The molecule has 0 bridgehead atoms. The highest BCUT2D eigenvalue weighted by molar-refractivity contribution is 5.83. The van der Waals surface area contributed by atoms with Crippen molar-refractivity contribution in [1.29, 1.82) is 0 Å². The van der Waals surface area contributed by atoms with Gasteiger partial charge >= 0.3 is 0 Å². The van der Waals surface area contributed by atoms with Crippen LogP contribution in [0, 0.1) is 0 Å². The number of nitrogens with one attached hydrogen (secondary N) is 2. The lowest BCUT2D eigenvalue weighted by Gasteiger charge is -2.20. The quantitative estimate of drug-likeness (QED) is 0.888. The van der Waals surface area contributed by atoms with E-state index in [1.807, 2.05) is 45.0 Å². The molecule has 1 heterocycles. The predicted octanol–water partition coefficient (Wildman–Crippen LogP) is 2.45. The van der Waals surface area contributed by atoms with Crippen LogP contribution in [0.3, 0.4) is 0 Å². The zero-order chi connectivity index (χ0) is 15.5. The Morgan fingerprint density at radius 1 is 1.33 bits per heavy atom. The van der Waals surface area contributed by atoms with E-state index in [0.29, 0.717) is 12.3 Å². The Labute approximate surface area is 124 Å². The van der Waals surface area contributed by atoms with Crippen molar-refractivity contribution in [3.63, 3.8) is 0 Å². The molecule has 1 aromatic carbocycles. The van der Waals surface area contributed by atoms with Crippen LogP contribution < -0.4 is 15.4 Å². The predicted molar refractivity (Wildman–Crippen MR) is 82.4 cm³/mol. The summed E-state index contributed by atoms with van der Waals surface area (Å²) >= 11 is 0. The number of fused-ring (bicyclic) bond motifs is 1. The first-order valence-electron chi connectivity index (χ1n) is 6.96. The molecule has 0 aliphatic rings. The molecular formula is C16H22N2O3. The van der Waals surface area contributed by atoms with Crippen molar-refractivity contribution in [3.05, 3.63) is 30.0 Å². The van der Waals surface area contributed by atoms with Crippen molar-refractivity contribution < 1.29 is 13.9 Å². The molecule has 1 aromatic heterocycles. The minimum atomic E-state index is -0.217. The molecule has 2 rings (SSSR count). The number of hydrogen-bond acceptors (Lipinski definition) is 4. The second-order valence-corrected chi connectivity index (χ2v) is 5.99. The van der Waals surface area contributed by atoms with Gasteiger partial charge in [-0.15, -0.1) is 0 Å². The SMILES string of the molecule is COc1cccc2cc(CNCC(=O)NC(C)(C)C)oc12. The molecule has 0 atom stereocenters. The van der Waals surface area contributed by atoms with Crippen LogP contribution in [-0.2, 0) is 11.3 Å². The number of carbonyl (C=O) groups excluding carboxylic acids is 1. The van der Waals surface area contributed by atoms with E-state index in [1.54, 1.807) is 7.11 Å².